The zero-order valence-corrected chi connectivity index (χ0v) is 13.3. The second-order valence-electron chi connectivity index (χ2n) is 7.01. The summed E-state index contributed by atoms with van der Waals surface area (Å²) >= 11 is 0. The lowest BCUT2D eigenvalue weighted by atomic mass is 9.73. The zero-order chi connectivity index (χ0) is 15.3. The molecule has 2 unspecified atom stereocenters. The number of hydrogen-bond donors (Lipinski definition) is 0. The fraction of sp³-hybridized carbons (Fsp3) is 0.450. The number of ketones is 1. The van der Waals surface area contributed by atoms with Crippen molar-refractivity contribution >= 4 is 16.6 Å². The number of fused-ring (bicyclic) bond motifs is 3. The Labute approximate surface area is 132 Å². The van der Waals surface area contributed by atoms with Crippen LogP contribution in [0.1, 0.15) is 37.7 Å². The average molecular weight is 293 g/mol. The van der Waals surface area contributed by atoms with Gasteiger partial charge in [-0.05, 0) is 55.5 Å². The Bertz CT molecular complexity index is 717. The molecule has 4 atom stereocenters. The molecule has 0 aromatic heterocycles. The van der Waals surface area contributed by atoms with Crippen LogP contribution in [0.4, 0.5) is 0 Å². The number of Topliss-reactive ketones (excluding diaryl/α,β-unsaturated/α-hetero) is 1. The minimum absolute atomic E-state index is 0.148. The van der Waals surface area contributed by atoms with Gasteiger partial charge in [-0.1, -0.05) is 42.5 Å². The van der Waals surface area contributed by atoms with E-state index in [1.165, 1.54) is 29.2 Å². The highest BCUT2D eigenvalue weighted by Gasteiger charge is 2.47. The number of nitrogens with zero attached hydrogens (tertiary/aromatic N) is 1. The number of piperidine rings is 1. The maximum absolute atomic E-state index is 12.4. The molecular formula is C20H23NO. The van der Waals surface area contributed by atoms with Gasteiger partial charge in [-0.25, -0.2) is 0 Å². The Morgan fingerprint density at radius 3 is 2.68 bits per heavy atom. The number of hydrogen-bond acceptors (Lipinski definition) is 2. The van der Waals surface area contributed by atoms with Gasteiger partial charge in [-0.2, -0.15) is 0 Å². The molecule has 0 spiro atoms. The summed E-state index contributed by atoms with van der Waals surface area (Å²) in [5, 5.41) is 2.61. The molecule has 4 rings (SSSR count). The van der Waals surface area contributed by atoms with Gasteiger partial charge in [0.1, 0.15) is 5.78 Å². The summed E-state index contributed by atoms with van der Waals surface area (Å²) in [7, 11) is 2.21. The first kappa shape index (κ1) is 14.0. The molecular weight excluding hydrogens is 270 g/mol. The molecule has 2 aliphatic heterocycles. The van der Waals surface area contributed by atoms with Gasteiger partial charge in [-0.15, -0.1) is 0 Å². The molecule has 22 heavy (non-hydrogen) atoms. The molecule has 2 aromatic carbocycles. The molecule has 2 heteroatoms. The fourth-order valence-corrected chi connectivity index (χ4v) is 4.91. The standard InChI is InChI=1S/C20H23NO/c1-13(22)20-18(12-15-10-11-19(20)21(15)2)17-9-5-7-14-6-3-4-8-16(14)17/h3-9,15,18-20H,10-12H2,1-2H3/t15?,18-,19?,20-/m1/s1. The second kappa shape index (κ2) is 5.20. The van der Waals surface area contributed by atoms with Crippen molar-refractivity contribution in [3.05, 3.63) is 48.0 Å². The van der Waals surface area contributed by atoms with Crippen molar-refractivity contribution in [2.75, 3.05) is 7.05 Å². The SMILES string of the molecule is CC(=O)[C@H]1C2CCC(C[C@@H]1c1cccc3ccccc13)N2C. The summed E-state index contributed by atoms with van der Waals surface area (Å²) in [4.78, 5) is 14.9. The van der Waals surface area contributed by atoms with Gasteiger partial charge in [0, 0.05) is 18.0 Å². The lowest BCUT2D eigenvalue weighted by Gasteiger charge is -2.42. The Balaban J connectivity index is 1.84. The maximum atomic E-state index is 12.4. The van der Waals surface area contributed by atoms with Gasteiger partial charge >= 0.3 is 0 Å². The Morgan fingerprint density at radius 1 is 1.09 bits per heavy atom. The third kappa shape index (κ3) is 2.01. The van der Waals surface area contributed by atoms with Crippen molar-refractivity contribution in [2.24, 2.45) is 5.92 Å². The highest BCUT2D eigenvalue weighted by Crippen LogP contribution is 2.47. The lowest BCUT2D eigenvalue weighted by molar-refractivity contribution is -0.124. The van der Waals surface area contributed by atoms with E-state index in [2.05, 4.69) is 54.4 Å². The monoisotopic (exact) mass is 293 g/mol. The molecule has 0 radical (unpaired) electrons. The van der Waals surface area contributed by atoms with Gasteiger partial charge in [0.2, 0.25) is 0 Å². The number of carbonyl (C=O) groups excluding carboxylic acids is 1. The fourth-order valence-electron chi connectivity index (χ4n) is 4.91. The van der Waals surface area contributed by atoms with Crippen LogP contribution in [-0.4, -0.2) is 29.8 Å². The quantitative estimate of drug-likeness (QED) is 0.834. The van der Waals surface area contributed by atoms with Crippen molar-refractivity contribution in [2.45, 2.75) is 44.2 Å². The van der Waals surface area contributed by atoms with Crippen LogP contribution in [0.5, 0.6) is 0 Å². The summed E-state index contributed by atoms with van der Waals surface area (Å²) in [5.74, 6) is 0.877. The minimum atomic E-state index is 0.148. The van der Waals surface area contributed by atoms with E-state index in [0.717, 1.165) is 6.42 Å². The molecule has 0 N–H and O–H groups in total. The molecule has 2 fully saturated rings. The van der Waals surface area contributed by atoms with Crippen molar-refractivity contribution in [3.8, 4) is 0 Å². The van der Waals surface area contributed by atoms with Crippen LogP contribution in [0.15, 0.2) is 42.5 Å². The smallest absolute Gasteiger partial charge is 0.135 e. The topological polar surface area (TPSA) is 20.3 Å². The lowest BCUT2D eigenvalue weighted by Crippen LogP contribution is -2.48. The predicted molar refractivity (Wildman–Crippen MR) is 90.1 cm³/mol. The molecule has 2 heterocycles. The van der Waals surface area contributed by atoms with Gasteiger partial charge in [0.25, 0.3) is 0 Å². The van der Waals surface area contributed by atoms with Crippen molar-refractivity contribution in [1.82, 2.24) is 4.90 Å². The molecule has 2 aromatic rings. The van der Waals surface area contributed by atoms with E-state index >= 15 is 0 Å². The van der Waals surface area contributed by atoms with Crippen molar-refractivity contribution in [1.29, 1.82) is 0 Å². The molecule has 2 saturated heterocycles. The van der Waals surface area contributed by atoms with Crippen LogP contribution in [-0.2, 0) is 4.79 Å². The van der Waals surface area contributed by atoms with E-state index in [1.807, 2.05) is 0 Å². The largest absolute Gasteiger partial charge is 0.300 e. The van der Waals surface area contributed by atoms with Crippen LogP contribution >= 0.6 is 0 Å². The van der Waals surface area contributed by atoms with Crippen molar-refractivity contribution in [3.63, 3.8) is 0 Å². The highest BCUT2D eigenvalue weighted by molar-refractivity contribution is 5.88. The first-order chi connectivity index (χ1) is 10.7. The van der Waals surface area contributed by atoms with E-state index < -0.39 is 0 Å². The van der Waals surface area contributed by atoms with Gasteiger partial charge in [-0.3, -0.25) is 9.69 Å². The number of benzene rings is 2. The van der Waals surface area contributed by atoms with E-state index in [0.29, 0.717) is 23.8 Å². The van der Waals surface area contributed by atoms with Gasteiger partial charge in [0.15, 0.2) is 0 Å². The molecule has 2 aliphatic rings. The second-order valence-corrected chi connectivity index (χ2v) is 7.01. The molecule has 0 saturated carbocycles. The summed E-state index contributed by atoms with van der Waals surface area (Å²) in [6.45, 7) is 1.79. The molecule has 0 amide bonds. The summed E-state index contributed by atoms with van der Waals surface area (Å²) in [6.07, 6.45) is 3.53. The number of rotatable bonds is 2. The van der Waals surface area contributed by atoms with Crippen LogP contribution in [0.25, 0.3) is 10.8 Å². The average Bonchev–Trinajstić information content (AvgIpc) is 2.76. The van der Waals surface area contributed by atoms with E-state index in [4.69, 9.17) is 0 Å². The summed E-state index contributed by atoms with van der Waals surface area (Å²) < 4.78 is 0. The number of carbonyl (C=O) groups is 1. The van der Waals surface area contributed by atoms with Crippen LogP contribution in [0.2, 0.25) is 0 Å². The Kier molecular flexibility index (Phi) is 3.30. The van der Waals surface area contributed by atoms with Gasteiger partial charge in [0.05, 0.1) is 0 Å². The van der Waals surface area contributed by atoms with Crippen LogP contribution in [0, 0.1) is 5.92 Å². The third-order valence-corrected chi connectivity index (χ3v) is 5.96. The van der Waals surface area contributed by atoms with Crippen molar-refractivity contribution < 1.29 is 4.79 Å². The minimum Gasteiger partial charge on any atom is -0.300 e. The van der Waals surface area contributed by atoms with E-state index in [9.17, 15) is 4.79 Å². The highest BCUT2D eigenvalue weighted by atomic mass is 16.1. The first-order valence-corrected chi connectivity index (χ1v) is 8.37. The third-order valence-electron chi connectivity index (χ3n) is 5.96. The van der Waals surface area contributed by atoms with E-state index in [-0.39, 0.29) is 5.92 Å². The van der Waals surface area contributed by atoms with Gasteiger partial charge < -0.3 is 0 Å². The predicted octanol–water partition coefficient (Wildman–Crippen LogP) is 4.00. The Morgan fingerprint density at radius 2 is 1.86 bits per heavy atom. The maximum Gasteiger partial charge on any atom is 0.135 e. The molecule has 114 valence electrons. The summed E-state index contributed by atoms with van der Waals surface area (Å²) in [5.41, 5.74) is 1.38. The molecule has 2 nitrogen and oxygen atoms in total. The summed E-state index contributed by atoms with van der Waals surface area (Å²) in [6, 6.07) is 16.2. The molecule has 0 aliphatic carbocycles. The van der Waals surface area contributed by atoms with Crippen LogP contribution in [0.3, 0.4) is 0 Å². The normalized spacial score (nSPS) is 31.5. The van der Waals surface area contributed by atoms with E-state index in [1.54, 1.807) is 6.92 Å². The first-order valence-electron chi connectivity index (χ1n) is 8.37. The zero-order valence-electron chi connectivity index (χ0n) is 13.3. The van der Waals surface area contributed by atoms with Crippen LogP contribution < -0.4 is 0 Å². The Hall–Kier alpha value is -1.67. The molecule has 2 bridgehead atoms.